The standard InChI is InChI=1S/C9H12FNO2/c1-12-8-4-2-3-7(10)9(8)13-6-5-11/h2-4H,5-6,11H2,1H3. The molecule has 2 N–H and O–H groups in total. The van der Waals surface area contributed by atoms with Gasteiger partial charge in [0.1, 0.15) is 6.61 Å². The predicted octanol–water partition coefficient (Wildman–Crippen LogP) is 1.17. The zero-order valence-corrected chi connectivity index (χ0v) is 7.42. The smallest absolute Gasteiger partial charge is 0.197 e. The molecule has 4 heteroatoms. The maximum absolute atomic E-state index is 13.1. The normalized spacial score (nSPS) is 9.77. The molecule has 72 valence electrons. The van der Waals surface area contributed by atoms with Gasteiger partial charge in [-0.1, -0.05) is 6.07 Å². The molecule has 1 aromatic carbocycles. The van der Waals surface area contributed by atoms with E-state index in [0.717, 1.165) is 0 Å². The van der Waals surface area contributed by atoms with Crippen LogP contribution < -0.4 is 15.2 Å². The summed E-state index contributed by atoms with van der Waals surface area (Å²) in [4.78, 5) is 0. The van der Waals surface area contributed by atoms with E-state index < -0.39 is 5.82 Å². The van der Waals surface area contributed by atoms with Crippen LogP contribution in [0.3, 0.4) is 0 Å². The van der Waals surface area contributed by atoms with Crippen molar-refractivity contribution >= 4 is 0 Å². The van der Waals surface area contributed by atoms with Crippen molar-refractivity contribution in [1.82, 2.24) is 0 Å². The monoisotopic (exact) mass is 185 g/mol. The van der Waals surface area contributed by atoms with E-state index in [-0.39, 0.29) is 12.4 Å². The summed E-state index contributed by atoms with van der Waals surface area (Å²) >= 11 is 0. The van der Waals surface area contributed by atoms with Crippen molar-refractivity contribution in [2.45, 2.75) is 0 Å². The lowest BCUT2D eigenvalue weighted by Crippen LogP contribution is -2.11. The maximum atomic E-state index is 13.1. The van der Waals surface area contributed by atoms with Crippen molar-refractivity contribution in [3.63, 3.8) is 0 Å². The molecule has 1 aromatic rings. The highest BCUT2D eigenvalue weighted by Gasteiger charge is 2.08. The molecule has 0 saturated carbocycles. The van der Waals surface area contributed by atoms with Gasteiger partial charge < -0.3 is 15.2 Å². The fourth-order valence-corrected chi connectivity index (χ4v) is 0.951. The third kappa shape index (κ3) is 2.32. The number of hydrogen-bond donors (Lipinski definition) is 1. The fraction of sp³-hybridized carbons (Fsp3) is 0.333. The van der Waals surface area contributed by atoms with Gasteiger partial charge in [-0.25, -0.2) is 4.39 Å². The molecule has 0 aliphatic carbocycles. The molecule has 0 unspecified atom stereocenters. The number of benzene rings is 1. The van der Waals surface area contributed by atoms with Crippen LogP contribution in [-0.4, -0.2) is 20.3 Å². The SMILES string of the molecule is COc1cccc(F)c1OCCN. The second-order valence-electron chi connectivity index (χ2n) is 2.41. The molecule has 0 aliphatic rings. The molecule has 0 aromatic heterocycles. The van der Waals surface area contributed by atoms with Crippen molar-refractivity contribution in [3.05, 3.63) is 24.0 Å². The fourth-order valence-electron chi connectivity index (χ4n) is 0.951. The van der Waals surface area contributed by atoms with Crippen molar-refractivity contribution in [2.75, 3.05) is 20.3 Å². The van der Waals surface area contributed by atoms with E-state index in [9.17, 15) is 4.39 Å². The van der Waals surface area contributed by atoms with Crippen molar-refractivity contribution in [3.8, 4) is 11.5 Å². The number of methoxy groups -OCH3 is 1. The van der Waals surface area contributed by atoms with Crippen LogP contribution in [0.5, 0.6) is 11.5 Å². The van der Waals surface area contributed by atoms with Crippen LogP contribution in [0.2, 0.25) is 0 Å². The number of rotatable bonds is 4. The Bertz CT molecular complexity index is 278. The second-order valence-corrected chi connectivity index (χ2v) is 2.41. The van der Waals surface area contributed by atoms with Crippen molar-refractivity contribution in [2.24, 2.45) is 5.73 Å². The van der Waals surface area contributed by atoms with Crippen molar-refractivity contribution in [1.29, 1.82) is 0 Å². The van der Waals surface area contributed by atoms with Gasteiger partial charge in [0.05, 0.1) is 7.11 Å². The molecule has 0 radical (unpaired) electrons. The van der Waals surface area contributed by atoms with Crippen LogP contribution in [0.15, 0.2) is 18.2 Å². The van der Waals surface area contributed by atoms with Gasteiger partial charge in [-0.15, -0.1) is 0 Å². The Kier molecular flexibility index (Phi) is 3.52. The summed E-state index contributed by atoms with van der Waals surface area (Å²) in [6.45, 7) is 0.620. The van der Waals surface area contributed by atoms with E-state index in [4.69, 9.17) is 15.2 Å². The van der Waals surface area contributed by atoms with E-state index in [1.165, 1.54) is 13.2 Å². The van der Waals surface area contributed by atoms with E-state index in [0.29, 0.717) is 12.3 Å². The Morgan fingerprint density at radius 1 is 1.46 bits per heavy atom. The molecular weight excluding hydrogens is 173 g/mol. The highest BCUT2D eigenvalue weighted by Crippen LogP contribution is 2.29. The number of halogens is 1. The quantitative estimate of drug-likeness (QED) is 0.765. The number of hydrogen-bond acceptors (Lipinski definition) is 3. The van der Waals surface area contributed by atoms with E-state index in [1.54, 1.807) is 12.1 Å². The first kappa shape index (κ1) is 9.80. The summed E-state index contributed by atoms with van der Waals surface area (Å²) in [5.74, 6) is 0.0664. The third-order valence-electron chi connectivity index (χ3n) is 1.52. The Labute approximate surface area is 76.3 Å². The van der Waals surface area contributed by atoms with Gasteiger partial charge in [-0.2, -0.15) is 0 Å². The van der Waals surface area contributed by atoms with E-state index in [1.807, 2.05) is 0 Å². The van der Waals surface area contributed by atoms with Crippen molar-refractivity contribution < 1.29 is 13.9 Å². The predicted molar refractivity (Wildman–Crippen MR) is 47.5 cm³/mol. The average molecular weight is 185 g/mol. The van der Waals surface area contributed by atoms with Gasteiger partial charge >= 0.3 is 0 Å². The molecule has 3 nitrogen and oxygen atoms in total. The van der Waals surface area contributed by atoms with Crippen LogP contribution in [0.25, 0.3) is 0 Å². The Balaban J connectivity index is 2.87. The zero-order chi connectivity index (χ0) is 9.68. The molecule has 0 aliphatic heterocycles. The summed E-state index contributed by atoms with van der Waals surface area (Å²) in [5, 5.41) is 0. The first-order chi connectivity index (χ1) is 6.29. The lowest BCUT2D eigenvalue weighted by atomic mass is 10.3. The van der Waals surface area contributed by atoms with Gasteiger partial charge in [0.2, 0.25) is 0 Å². The Hall–Kier alpha value is -1.29. The van der Waals surface area contributed by atoms with Gasteiger partial charge in [-0.3, -0.25) is 0 Å². The van der Waals surface area contributed by atoms with Crippen LogP contribution in [-0.2, 0) is 0 Å². The van der Waals surface area contributed by atoms with E-state index >= 15 is 0 Å². The lowest BCUT2D eigenvalue weighted by molar-refractivity contribution is 0.287. The molecule has 0 atom stereocenters. The highest BCUT2D eigenvalue weighted by atomic mass is 19.1. The average Bonchev–Trinajstić information content (AvgIpc) is 2.15. The molecule has 13 heavy (non-hydrogen) atoms. The lowest BCUT2D eigenvalue weighted by Gasteiger charge is -2.09. The number of ether oxygens (including phenoxy) is 2. The minimum atomic E-state index is -0.437. The number of para-hydroxylation sites is 1. The molecule has 0 bridgehead atoms. The molecule has 0 fully saturated rings. The summed E-state index contributed by atoms with van der Waals surface area (Å²) in [5.41, 5.74) is 5.23. The largest absolute Gasteiger partial charge is 0.493 e. The van der Waals surface area contributed by atoms with Gasteiger partial charge in [0.15, 0.2) is 17.3 Å². The summed E-state index contributed by atoms with van der Waals surface area (Å²) in [6, 6.07) is 4.51. The van der Waals surface area contributed by atoms with E-state index in [2.05, 4.69) is 0 Å². The minimum absolute atomic E-state index is 0.121. The maximum Gasteiger partial charge on any atom is 0.197 e. The third-order valence-corrected chi connectivity index (χ3v) is 1.52. The topological polar surface area (TPSA) is 44.5 Å². The van der Waals surface area contributed by atoms with Crippen LogP contribution in [0, 0.1) is 5.82 Å². The number of nitrogens with two attached hydrogens (primary N) is 1. The molecule has 0 amide bonds. The van der Waals surface area contributed by atoms with Crippen LogP contribution in [0.4, 0.5) is 4.39 Å². The Morgan fingerprint density at radius 2 is 2.23 bits per heavy atom. The zero-order valence-electron chi connectivity index (χ0n) is 7.42. The molecule has 1 rings (SSSR count). The first-order valence-corrected chi connectivity index (χ1v) is 3.95. The van der Waals surface area contributed by atoms with Gasteiger partial charge in [0, 0.05) is 6.54 Å². The first-order valence-electron chi connectivity index (χ1n) is 3.95. The van der Waals surface area contributed by atoms with Crippen LogP contribution >= 0.6 is 0 Å². The molecule has 0 heterocycles. The molecule has 0 saturated heterocycles. The highest BCUT2D eigenvalue weighted by molar-refractivity contribution is 5.40. The van der Waals surface area contributed by atoms with Gasteiger partial charge in [-0.05, 0) is 12.1 Å². The summed E-state index contributed by atoms with van der Waals surface area (Å²) in [6.07, 6.45) is 0. The minimum Gasteiger partial charge on any atom is -0.493 e. The van der Waals surface area contributed by atoms with Crippen LogP contribution in [0.1, 0.15) is 0 Å². The molecular formula is C9H12FNO2. The summed E-state index contributed by atoms with van der Waals surface area (Å²) < 4.78 is 23.1. The summed E-state index contributed by atoms with van der Waals surface area (Å²) in [7, 11) is 1.46. The van der Waals surface area contributed by atoms with Gasteiger partial charge in [0.25, 0.3) is 0 Å². The Morgan fingerprint density at radius 3 is 2.85 bits per heavy atom. The molecule has 0 spiro atoms. The second kappa shape index (κ2) is 4.67.